The van der Waals surface area contributed by atoms with Crippen molar-refractivity contribution >= 4 is 29.4 Å². The fourth-order valence-electron chi connectivity index (χ4n) is 3.85. The summed E-state index contributed by atoms with van der Waals surface area (Å²) in [7, 11) is 0. The van der Waals surface area contributed by atoms with Gasteiger partial charge in [0.05, 0.1) is 24.2 Å². The number of amides is 1. The molecule has 0 unspecified atom stereocenters. The summed E-state index contributed by atoms with van der Waals surface area (Å²) in [4.78, 5) is 17.8. The third-order valence-corrected chi connectivity index (χ3v) is 7.06. The van der Waals surface area contributed by atoms with Gasteiger partial charge in [-0.25, -0.2) is 4.98 Å². The highest BCUT2D eigenvalue weighted by Gasteiger charge is 2.05. The van der Waals surface area contributed by atoms with E-state index in [1.807, 2.05) is 79.3 Å². The molecule has 0 spiro atoms. The Hall–Kier alpha value is -3.81. The van der Waals surface area contributed by atoms with Crippen LogP contribution in [0.3, 0.4) is 0 Å². The second-order valence-electron chi connectivity index (χ2n) is 8.93. The van der Waals surface area contributed by atoms with Gasteiger partial charge in [0.15, 0.2) is 0 Å². The van der Waals surface area contributed by atoms with E-state index in [9.17, 15) is 4.79 Å². The van der Waals surface area contributed by atoms with Gasteiger partial charge >= 0.3 is 0 Å². The van der Waals surface area contributed by atoms with Gasteiger partial charge in [-0.2, -0.15) is 0 Å². The van der Waals surface area contributed by atoms with Crippen LogP contribution in [0.25, 0.3) is 17.2 Å². The summed E-state index contributed by atoms with van der Waals surface area (Å²) >= 11 is 1.65. The van der Waals surface area contributed by atoms with E-state index in [-0.39, 0.29) is 5.91 Å². The molecule has 3 aromatic carbocycles. The summed E-state index contributed by atoms with van der Waals surface area (Å²) < 4.78 is 13.4. The summed E-state index contributed by atoms with van der Waals surface area (Å²) in [6, 6.07) is 23.9. The number of benzene rings is 3. The van der Waals surface area contributed by atoms with Crippen molar-refractivity contribution in [1.29, 1.82) is 0 Å². The molecule has 6 nitrogen and oxygen atoms in total. The predicted octanol–water partition coefficient (Wildman–Crippen LogP) is 7.57. The monoisotopic (exact) mass is 541 g/mol. The summed E-state index contributed by atoms with van der Waals surface area (Å²) in [6.45, 7) is 7.04. The fraction of sp³-hybridized carbons (Fsp3) is 0.250. The molecule has 1 aromatic heterocycles. The lowest BCUT2D eigenvalue weighted by atomic mass is 10.0. The van der Waals surface area contributed by atoms with Gasteiger partial charge in [0, 0.05) is 29.8 Å². The van der Waals surface area contributed by atoms with E-state index in [2.05, 4.69) is 40.8 Å². The lowest BCUT2D eigenvalue weighted by molar-refractivity contribution is -0.111. The summed E-state index contributed by atoms with van der Waals surface area (Å²) in [5.74, 6) is 0.648. The van der Waals surface area contributed by atoms with Gasteiger partial charge in [0.2, 0.25) is 5.91 Å². The largest absolute Gasteiger partial charge is 0.491 e. The van der Waals surface area contributed by atoms with Crippen LogP contribution in [0, 0.1) is 0 Å². The van der Waals surface area contributed by atoms with Crippen LogP contribution in [-0.4, -0.2) is 35.3 Å². The average molecular weight is 542 g/mol. The number of nitrogens with zero attached hydrogens (tertiary/aromatic N) is 2. The van der Waals surface area contributed by atoms with E-state index in [0.717, 1.165) is 64.0 Å². The van der Waals surface area contributed by atoms with Crippen molar-refractivity contribution in [2.75, 3.05) is 25.1 Å². The molecule has 7 heteroatoms. The SMILES string of the molecule is CCCCOCCOc1ccc(-c2cccc(/C=C/C(=O)Nc3ccc(Sc4cncn4CC)cc3)c2)cc1. The van der Waals surface area contributed by atoms with Crippen LogP contribution in [0.15, 0.2) is 101 Å². The van der Waals surface area contributed by atoms with Gasteiger partial charge in [0.1, 0.15) is 12.4 Å². The molecule has 1 amide bonds. The van der Waals surface area contributed by atoms with Gasteiger partial charge in [-0.1, -0.05) is 55.4 Å². The molecule has 0 aliphatic rings. The summed E-state index contributed by atoms with van der Waals surface area (Å²) in [5.41, 5.74) is 3.86. The van der Waals surface area contributed by atoms with Gasteiger partial charge < -0.3 is 19.4 Å². The van der Waals surface area contributed by atoms with Crippen molar-refractivity contribution in [2.45, 2.75) is 43.2 Å². The molecule has 0 atom stereocenters. The number of nitrogens with one attached hydrogen (secondary N) is 1. The van der Waals surface area contributed by atoms with Crippen LogP contribution >= 0.6 is 11.8 Å². The first kappa shape index (κ1) is 28.2. The lowest BCUT2D eigenvalue weighted by Crippen LogP contribution is -2.07. The van der Waals surface area contributed by atoms with E-state index in [4.69, 9.17) is 9.47 Å². The molecule has 0 bridgehead atoms. The number of hydrogen-bond acceptors (Lipinski definition) is 5. The molecule has 1 N–H and O–H groups in total. The number of anilines is 1. The molecular formula is C32H35N3O3S. The Morgan fingerprint density at radius 2 is 1.79 bits per heavy atom. The minimum absolute atomic E-state index is 0.176. The number of aryl methyl sites for hydroxylation is 1. The number of unbranched alkanes of at least 4 members (excludes halogenated alkanes) is 1. The van der Waals surface area contributed by atoms with Crippen LogP contribution in [0.1, 0.15) is 32.3 Å². The maximum atomic E-state index is 12.5. The van der Waals surface area contributed by atoms with Gasteiger partial charge in [-0.15, -0.1) is 0 Å². The third kappa shape index (κ3) is 8.87. The minimum Gasteiger partial charge on any atom is -0.491 e. The maximum Gasteiger partial charge on any atom is 0.248 e. The minimum atomic E-state index is -0.176. The molecule has 4 rings (SSSR count). The quantitative estimate of drug-likeness (QED) is 0.132. The van der Waals surface area contributed by atoms with Crippen LogP contribution in [0.4, 0.5) is 5.69 Å². The van der Waals surface area contributed by atoms with Crippen molar-refractivity contribution < 1.29 is 14.3 Å². The molecule has 0 saturated heterocycles. The number of carbonyl (C=O) groups excluding carboxylic acids is 1. The molecule has 0 fully saturated rings. The zero-order chi connectivity index (χ0) is 27.3. The maximum absolute atomic E-state index is 12.5. The first-order chi connectivity index (χ1) is 19.1. The van der Waals surface area contributed by atoms with E-state index in [1.54, 1.807) is 17.8 Å². The highest BCUT2D eigenvalue weighted by atomic mass is 32.2. The van der Waals surface area contributed by atoms with Crippen molar-refractivity contribution in [2.24, 2.45) is 0 Å². The topological polar surface area (TPSA) is 65.4 Å². The Kier molecular flexibility index (Phi) is 10.8. The number of carbonyl (C=O) groups is 1. The zero-order valence-corrected chi connectivity index (χ0v) is 23.3. The molecule has 1 heterocycles. The first-order valence-electron chi connectivity index (χ1n) is 13.3. The second kappa shape index (κ2) is 15.0. The van der Waals surface area contributed by atoms with Crippen LogP contribution < -0.4 is 10.1 Å². The first-order valence-corrected chi connectivity index (χ1v) is 14.1. The molecule has 0 radical (unpaired) electrons. The van der Waals surface area contributed by atoms with E-state index in [0.29, 0.717) is 13.2 Å². The van der Waals surface area contributed by atoms with Crippen molar-refractivity contribution in [3.8, 4) is 16.9 Å². The van der Waals surface area contributed by atoms with Crippen LogP contribution in [-0.2, 0) is 16.1 Å². The Morgan fingerprint density at radius 1 is 0.974 bits per heavy atom. The van der Waals surface area contributed by atoms with Crippen LogP contribution in [0.2, 0.25) is 0 Å². The number of aromatic nitrogens is 2. The molecule has 0 aliphatic carbocycles. The van der Waals surface area contributed by atoms with Gasteiger partial charge in [-0.3, -0.25) is 4.79 Å². The van der Waals surface area contributed by atoms with Crippen LogP contribution in [0.5, 0.6) is 5.75 Å². The van der Waals surface area contributed by atoms with Crippen molar-refractivity contribution in [1.82, 2.24) is 9.55 Å². The lowest BCUT2D eigenvalue weighted by Gasteiger charge is -2.08. The molecule has 4 aromatic rings. The number of rotatable bonds is 14. The predicted molar refractivity (Wildman–Crippen MR) is 159 cm³/mol. The summed E-state index contributed by atoms with van der Waals surface area (Å²) in [5, 5.41) is 4.02. The third-order valence-electron chi connectivity index (χ3n) is 6.00. The molecule has 202 valence electrons. The Labute approximate surface area is 235 Å². The smallest absolute Gasteiger partial charge is 0.248 e. The highest BCUT2D eigenvalue weighted by molar-refractivity contribution is 7.99. The van der Waals surface area contributed by atoms with Crippen molar-refractivity contribution in [3.63, 3.8) is 0 Å². The van der Waals surface area contributed by atoms with Gasteiger partial charge in [0.25, 0.3) is 0 Å². The zero-order valence-electron chi connectivity index (χ0n) is 22.5. The number of hydrogen-bond donors (Lipinski definition) is 1. The number of ether oxygens (including phenoxy) is 2. The number of imidazole rings is 1. The Bertz CT molecular complexity index is 1350. The van der Waals surface area contributed by atoms with Gasteiger partial charge in [-0.05, 0) is 78.6 Å². The van der Waals surface area contributed by atoms with E-state index >= 15 is 0 Å². The standard InChI is InChI=1S/C32H35N3O3S/c1-3-5-19-37-20-21-38-29-14-10-26(11-15-29)27-8-6-7-25(22-27)9-18-31(36)34-28-12-16-30(17-13-28)39-32-23-33-24-35(32)4-2/h6-18,22-24H,3-5,19-21H2,1-2H3,(H,34,36)/b18-9+. The molecule has 0 aliphatic heterocycles. The van der Waals surface area contributed by atoms with E-state index in [1.165, 1.54) is 0 Å². The molecule has 0 saturated carbocycles. The Morgan fingerprint density at radius 3 is 2.56 bits per heavy atom. The molecular weight excluding hydrogens is 506 g/mol. The summed E-state index contributed by atoms with van der Waals surface area (Å²) in [6.07, 6.45) is 9.29. The van der Waals surface area contributed by atoms with Crippen molar-refractivity contribution in [3.05, 3.63) is 97.0 Å². The average Bonchev–Trinajstić information content (AvgIpc) is 3.42. The van der Waals surface area contributed by atoms with E-state index < -0.39 is 0 Å². The second-order valence-corrected chi connectivity index (χ2v) is 10.0. The fourth-order valence-corrected chi connectivity index (χ4v) is 4.77. The normalized spacial score (nSPS) is 11.1. The Balaban J connectivity index is 1.28. The highest BCUT2D eigenvalue weighted by Crippen LogP contribution is 2.28. The molecule has 39 heavy (non-hydrogen) atoms.